The maximum atomic E-state index is 12.9. The molecule has 1 atom stereocenters. The second-order valence-electron chi connectivity index (χ2n) is 12.4. The zero-order chi connectivity index (χ0) is 31.2. The first-order valence-corrected chi connectivity index (χ1v) is 12.6. The van der Waals surface area contributed by atoms with E-state index < -0.39 is 63.3 Å². The van der Waals surface area contributed by atoms with Crippen LogP contribution in [0.1, 0.15) is 83.1 Å². The molecule has 0 heterocycles. The topological polar surface area (TPSA) is 169 Å². The zero-order valence-electron chi connectivity index (χ0n) is 25.5. The van der Waals surface area contributed by atoms with E-state index in [9.17, 15) is 28.8 Å². The van der Waals surface area contributed by atoms with Gasteiger partial charge in [-0.2, -0.15) is 0 Å². The fourth-order valence-corrected chi connectivity index (χ4v) is 2.91. The highest BCUT2D eigenvalue weighted by atomic mass is 16.6. The first-order chi connectivity index (χ1) is 17.3. The summed E-state index contributed by atoms with van der Waals surface area (Å²) in [5, 5.41) is 10.1. The third-order valence-corrected chi connectivity index (χ3v) is 5.87. The van der Waals surface area contributed by atoms with Crippen molar-refractivity contribution in [1.29, 1.82) is 0 Å². The summed E-state index contributed by atoms with van der Waals surface area (Å²) in [5.74, 6) is -4.41. The van der Waals surface area contributed by atoms with Crippen LogP contribution in [-0.2, 0) is 38.2 Å². The summed E-state index contributed by atoms with van der Waals surface area (Å²) in [5.41, 5.74) is -6.39. The molecular formula is C27H46N4O8. The molecule has 0 aliphatic carbocycles. The van der Waals surface area contributed by atoms with Gasteiger partial charge in [-0.3, -0.25) is 19.2 Å². The number of hydrogen-bond acceptors (Lipinski definition) is 8. The molecule has 4 amide bonds. The van der Waals surface area contributed by atoms with E-state index in [0.29, 0.717) is 0 Å². The molecule has 0 radical (unpaired) electrons. The molecule has 0 saturated heterocycles. The Bertz CT molecular complexity index is 1010. The van der Waals surface area contributed by atoms with Gasteiger partial charge in [-0.25, -0.2) is 9.59 Å². The van der Waals surface area contributed by atoms with Crippen LogP contribution in [0.5, 0.6) is 0 Å². The normalized spacial score (nSPS) is 14.2. The lowest BCUT2D eigenvalue weighted by atomic mass is 9.88. The van der Waals surface area contributed by atoms with Crippen LogP contribution in [0.3, 0.4) is 0 Å². The molecule has 0 rings (SSSR count). The number of ether oxygens (including phenoxy) is 2. The number of nitrogens with one attached hydrogen (secondary N) is 4. The van der Waals surface area contributed by atoms with Gasteiger partial charge in [-0.15, -0.1) is 0 Å². The summed E-state index contributed by atoms with van der Waals surface area (Å²) in [6.07, 6.45) is 1.87. The van der Waals surface area contributed by atoms with Crippen molar-refractivity contribution < 1.29 is 38.2 Å². The maximum Gasteiger partial charge on any atom is 0.332 e. The van der Waals surface area contributed by atoms with Crippen LogP contribution in [0.25, 0.3) is 0 Å². The molecule has 0 saturated carbocycles. The van der Waals surface area contributed by atoms with Crippen molar-refractivity contribution in [3.05, 3.63) is 12.2 Å². The van der Waals surface area contributed by atoms with Crippen LogP contribution in [0.15, 0.2) is 12.2 Å². The molecule has 0 fully saturated rings. The van der Waals surface area contributed by atoms with E-state index in [1.54, 1.807) is 34.6 Å². The standard InChI is InChI=1S/C27H46N4O8/c1-16(2)27(12,22(37)39-23(3,4)5)29-18(33)15-14-17(32)28-24(6,7)19(34)30-25(8,9)20(35)31-26(10,11)21(36)38-13/h14-16H,1-13H3,(H,28,32)(H,29,33)(H,30,34)(H,31,35)/b15-14-/t27-/m0/s1. The highest BCUT2D eigenvalue weighted by Crippen LogP contribution is 2.22. The van der Waals surface area contributed by atoms with Gasteiger partial charge in [-0.1, -0.05) is 13.8 Å². The van der Waals surface area contributed by atoms with Crippen LogP contribution in [0.2, 0.25) is 0 Å². The molecule has 0 spiro atoms. The highest BCUT2D eigenvalue weighted by Gasteiger charge is 2.42. The second kappa shape index (κ2) is 12.6. The van der Waals surface area contributed by atoms with Crippen LogP contribution in [0, 0.1) is 5.92 Å². The molecule has 0 aromatic rings. The zero-order valence-corrected chi connectivity index (χ0v) is 25.5. The molecule has 12 nitrogen and oxygen atoms in total. The summed E-state index contributed by atoms with van der Waals surface area (Å²) in [6.45, 7) is 18.8. The van der Waals surface area contributed by atoms with Gasteiger partial charge in [0.05, 0.1) is 7.11 Å². The minimum Gasteiger partial charge on any atom is -0.467 e. The summed E-state index contributed by atoms with van der Waals surface area (Å²) in [4.78, 5) is 75.3. The van der Waals surface area contributed by atoms with Crippen molar-refractivity contribution >= 4 is 35.6 Å². The summed E-state index contributed by atoms with van der Waals surface area (Å²) in [6, 6.07) is 0. The van der Waals surface area contributed by atoms with E-state index in [4.69, 9.17) is 4.74 Å². The predicted molar refractivity (Wildman–Crippen MR) is 145 cm³/mol. The van der Waals surface area contributed by atoms with Gasteiger partial charge in [0, 0.05) is 12.2 Å². The van der Waals surface area contributed by atoms with Crippen molar-refractivity contribution in [3.8, 4) is 0 Å². The Morgan fingerprint density at radius 1 is 0.590 bits per heavy atom. The number of esters is 2. The van der Waals surface area contributed by atoms with Crippen molar-refractivity contribution in [1.82, 2.24) is 21.3 Å². The van der Waals surface area contributed by atoms with Gasteiger partial charge in [0.2, 0.25) is 23.6 Å². The Hall–Kier alpha value is -3.44. The van der Waals surface area contributed by atoms with Gasteiger partial charge >= 0.3 is 11.9 Å². The molecule has 0 unspecified atom stereocenters. The van der Waals surface area contributed by atoms with Gasteiger partial charge in [-0.05, 0) is 75.2 Å². The Balaban J connectivity index is 5.37. The van der Waals surface area contributed by atoms with Crippen molar-refractivity contribution in [2.75, 3.05) is 7.11 Å². The minimum atomic E-state index is -1.49. The predicted octanol–water partition coefficient (Wildman–Crippen LogP) is 1.27. The Morgan fingerprint density at radius 3 is 1.36 bits per heavy atom. The monoisotopic (exact) mass is 554 g/mol. The molecule has 0 aromatic heterocycles. The van der Waals surface area contributed by atoms with E-state index in [2.05, 4.69) is 26.0 Å². The van der Waals surface area contributed by atoms with Crippen molar-refractivity contribution in [3.63, 3.8) is 0 Å². The van der Waals surface area contributed by atoms with Crippen molar-refractivity contribution in [2.24, 2.45) is 5.92 Å². The number of methoxy groups -OCH3 is 1. The Labute approximate surface area is 231 Å². The number of rotatable bonds is 11. The van der Waals surface area contributed by atoms with Crippen LogP contribution >= 0.6 is 0 Å². The summed E-state index contributed by atoms with van der Waals surface area (Å²) < 4.78 is 10.1. The van der Waals surface area contributed by atoms with E-state index in [1.807, 2.05) is 0 Å². The number of amides is 4. The van der Waals surface area contributed by atoms with Crippen LogP contribution < -0.4 is 21.3 Å². The van der Waals surface area contributed by atoms with E-state index in [0.717, 1.165) is 12.2 Å². The van der Waals surface area contributed by atoms with Crippen LogP contribution in [-0.4, -0.2) is 70.4 Å². The smallest absolute Gasteiger partial charge is 0.332 e. The van der Waals surface area contributed by atoms with Gasteiger partial charge in [0.15, 0.2) is 0 Å². The molecule has 0 aliphatic heterocycles. The third-order valence-electron chi connectivity index (χ3n) is 5.87. The summed E-state index contributed by atoms with van der Waals surface area (Å²) >= 11 is 0. The quantitative estimate of drug-likeness (QED) is 0.219. The minimum absolute atomic E-state index is 0.320. The molecule has 12 heteroatoms. The average Bonchev–Trinajstić information content (AvgIpc) is 2.74. The molecule has 222 valence electrons. The van der Waals surface area contributed by atoms with Gasteiger partial charge < -0.3 is 30.7 Å². The van der Waals surface area contributed by atoms with E-state index in [-0.39, 0.29) is 5.92 Å². The van der Waals surface area contributed by atoms with Crippen LogP contribution in [0.4, 0.5) is 0 Å². The highest BCUT2D eigenvalue weighted by molar-refractivity contribution is 6.02. The van der Waals surface area contributed by atoms with Gasteiger partial charge in [0.1, 0.15) is 27.8 Å². The lowest BCUT2D eigenvalue weighted by Gasteiger charge is -2.34. The molecular weight excluding hydrogens is 508 g/mol. The lowest BCUT2D eigenvalue weighted by molar-refractivity contribution is -0.165. The fraction of sp³-hybridized carbons (Fsp3) is 0.704. The average molecular weight is 555 g/mol. The lowest BCUT2D eigenvalue weighted by Crippen LogP contribution is -2.65. The molecule has 0 aliphatic rings. The maximum absolute atomic E-state index is 12.9. The number of carbonyl (C=O) groups is 6. The molecule has 4 N–H and O–H groups in total. The number of carbonyl (C=O) groups excluding carboxylic acids is 6. The SMILES string of the molecule is COC(=O)C(C)(C)NC(=O)C(C)(C)NC(=O)C(C)(C)NC(=O)/C=C\C(=O)N[C@](C)(C(=O)OC(C)(C)C)C(C)C. The van der Waals surface area contributed by atoms with E-state index >= 15 is 0 Å². The Morgan fingerprint density at radius 2 is 0.974 bits per heavy atom. The largest absolute Gasteiger partial charge is 0.467 e. The molecule has 0 bridgehead atoms. The number of hydrogen-bond donors (Lipinski definition) is 4. The third kappa shape index (κ3) is 10.7. The first kappa shape index (κ1) is 35.6. The van der Waals surface area contributed by atoms with E-state index in [1.165, 1.54) is 55.6 Å². The van der Waals surface area contributed by atoms with Crippen molar-refractivity contribution in [2.45, 2.75) is 111 Å². The molecule has 0 aromatic carbocycles. The second-order valence-corrected chi connectivity index (χ2v) is 12.4. The summed E-state index contributed by atoms with van der Waals surface area (Å²) in [7, 11) is 1.19. The van der Waals surface area contributed by atoms with Gasteiger partial charge in [0.25, 0.3) is 0 Å². The Kier molecular flexibility index (Phi) is 11.5. The first-order valence-electron chi connectivity index (χ1n) is 12.6. The fourth-order valence-electron chi connectivity index (χ4n) is 2.91. The molecule has 39 heavy (non-hydrogen) atoms.